The number of carbonyl (C=O) groups is 4. The number of benzene rings is 4. The Morgan fingerprint density at radius 1 is 0.500 bits per heavy atom. The summed E-state index contributed by atoms with van der Waals surface area (Å²) in [6.45, 7) is -0.374. The first-order valence-corrected chi connectivity index (χ1v) is 14.6. The molecule has 9 nitrogen and oxygen atoms in total. The van der Waals surface area contributed by atoms with Crippen molar-refractivity contribution in [2.75, 3.05) is 6.61 Å². The highest BCUT2D eigenvalue weighted by atomic mass is 79.9. The lowest BCUT2D eigenvalue weighted by Crippen LogP contribution is -2.61. The number of halogens is 1. The zero-order valence-corrected chi connectivity index (χ0v) is 24.8. The first-order chi connectivity index (χ1) is 21.4. The lowest BCUT2D eigenvalue weighted by Gasteiger charge is -2.43. The summed E-state index contributed by atoms with van der Waals surface area (Å²) in [5.74, 6) is -2.85. The first-order valence-electron chi connectivity index (χ1n) is 13.7. The van der Waals surface area contributed by atoms with E-state index in [1.54, 1.807) is 121 Å². The van der Waals surface area contributed by atoms with Gasteiger partial charge in [0.05, 0.1) is 22.3 Å². The van der Waals surface area contributed by atoms with E-state index in [1.807, 2.05) is 0 Å². The van der Waals surface area contributed by atoms with E-state index in [0.717, 1.165) is 0 Å². The molecule has 0 N–H and O–H groups in total. The summed E-state index contributed by atoms with van der Waals surface area (Å²) in [5, 5.41) is -1.05. The molecule has 4 aromatic rings. The maximum Gasteiger partial charge on any atom is 0.338 e. The Kier molecular flexibility index (Phi) is 10.2. The van der Waals surface area contributed by atoms with Crippen LogP contribution in [-0.2, 0) is 23.7 Å². The average Bonchev–Trinajstić information content (AvgIpc) is 3.07. The molecular weight excluding hydrogens is 632 g/mol. The van der Waals surface area contributed by atoms with Crippen LogP contribution in [0.1, 0.15) is 41.4 Å². The van der Waals surface area contributed by atoms with Crippen LogP contribution in [0.4, 0.5) is 0 Å². The van der Waals surface area contributed by atoms with E-state index in [4.69, 9.17) is 23.7 Å². The summed E-state index contributed by atoms with van der Waals surface area (Å²) >= 11 is 3.40. The average molecular weight is 659 g/mol. The summed E-state index contributed by atoms with van der Waals surface area (Å²) in [6.07, 6.45) is -5.13. The molecule has 1 heterocycles. The van der Waals surface area contributed by atoms with Crippen molar-refractivity contribution in [2.45, 2.75) is 29.4 Å². The van der Waals surface area contributed by atoms with Gasteiger partial charge < -0.3 is 23.7 Å². The van der Waals surface area contributed by atoms with Gasteiger partial charge in [-0.05, 0) is 48.5 Å². The molecule has 0 radical (unpaired) electrons. The highest BCUT2D eigenvalue weighted by Gasteiger charge is 2.52. The Morgan fingerprint density at radius 2 is 0.841 bits per heavy atom. The van der Waals surface area contributed by atoms with Crippen molar-refractivity contribution in [3.8, 4) is 0 Å². The molecule has 5 rings (SSSR count). The number of esters is 4. The fourth-order valence-corrected chi connectivity index (χ4v) is 5.20. The number of carbonyl (C=O) groups excluding carboxylic acids is 4. The molecule has 10 heteroatoms. The first kappa shape index (κ1) is 30.7. The predicted octanol–water partition coefficient (Wildman–Crippen LogP) is 5.64. The van der Waals surface area contributed by atoms with Gasteiger partial charge in [0.25, 0.3) is 0 Å². The Labute approximate surface area is 261 Å². The fraction of sp³-hybridized carbons (Fsp3) is 0.176. The zero-order valence-electron chi connectivity index (χ0n) is 23.2. The minimum Gasteiger partial charge on any atom is -0.459 e. The summed E-state index contributed by atoms with van der Waals surface area (Å²) < 4.78 is 29.3. The second-order valence-corrected chi connectivity index (χ2v) is 10.6. The second kappa shape index (κ2) is 14.6. The van der Waals surface area contributed by atoms with Gasteiger partial charge in [0.15, 0.2) is 23.3 Å². The fourth-order valence-electron chi connectivity index (χ4n) is 4.51. The lowest BCUT2D eigenvalue weighted by molar-refractivity contribution is -0.205. The maximum atomic E-state index is 13.3. The van der Waals surface area contributed by atoms with Crippen molar-refractivity contribution in [1.82, 2.24) is 0 Å². The van der Waals surface area contributed by atoms with Crippen molar-refractivity contribution in [1.29, 1.82) is 0 Å². The van der Waals surface area contributed by atoms with Crippen molar-refractivity contribution in [3.63, 3.8) is 0 Å². The number of rotatable bonds is 9. The van der Waals surface area contributed by atoms with Crippen LogP contribution < -0.4 is 0 Å². The van der Waals surface area contributed by atoms with Gasteiger partial charge in [0.2, 0.25) is 0 Å². The van der Waals surface area contributed by atoms with Crippen molar-refractivity contribution >= 4 is 39.8 Å². The predicted molar refractivity (Wildman–Crippen MR) is 161 cm³/mol. The molecule has 0 aromatic heterocycles. The number of ether oxygens (including phenoxy) is 5. The van der Waals surface area contributed by atoms with Gasteiger partial charge in [-0.2, -0.15) is 0 Å². The monoisotopic (exact) mass is 658 g/mol. The third-order valence-corrected chi connectivity index (χ3v) is 7.46. The van der Waals surface area contributed by atoms with Crippen molar-refractivity contribution < 1.29 is 42.9 Å². The molecule has 0 unspecified atom stereocenters. The molecule has 1 aliphatic heterocycles. The van der Waals surface area contributed by atoms with Crippen LogP contribution in [0.25, 0.3) is 0 Å². The topological polar surface area (TPSA) is 114 Å². The molecule has 0 amide bonds. The SMILES string of the molecule is O=C(OC[C@H]1O[C@@H](Br)[C@H](OC(=O)c2ccccc2)[C@@H](OC(=O)c2ccccc2)[C@H]1OC(=O)c1ccccc1)c1ccccc1. The smallest absolute Gasteiger partial charge is 0.338 e. The third-order valence-electron chi connectivity index (χ3n) is 6.72. The molecule has 44 heavy (non-hydrogen) atoms. The summed E-state index contributed by atoms with van der Waals surface area (Å²) in [5.41, 5.74) is 0.994. The van der Waals surface area contributed by atoms with Gasteiger partial charge >= 0.3 is 23.9 Å². The minimum absolute atomic E-state index is 0.221. The molecule has 0 spiro atoms. The van der Waals surface area contributed by atoms with E-state index in [0.29, 0.717) is 5.56 Å². The van der Waals surface area contributed by atoms with Crippen molar-refractivity contribution in [2.24, 2.45) is 0 Å². The molecule has 4 aromatic carbocycles. The highest BCUT2D eigenvalue weighted by molar-refractivity contribution is 9.09. The van der Waals surface area contributed by atoms with E-state index in [1.165, 1.54) is 0 Å². The number of alkyl halides is 1. The standard InChI is InChI=1S/C34H27BrO9/c35-30-29(44-34(39)25-19-11-4-12-20-25)28(43-33(38)24-17-9-3-10-18-24)27(42-32(37)23-15-7-2-8-16-23)26(41-30)21-40-31(36)22-13-5-1-6-14-22/h1-20,26-30H,21H2/t26-,27+,28+,29-,30-/m1/s1. The van der Waals surface area contributed by atoms with Gasteiger partial charge in [-0.3, -0.25) is 0 Å². The van der Waals surface area contributed by atoms with Crippen molar-refractivity contribution in [3.05, 3.63) is 144 Å². The van der Waals surface area contributed by atoms with Crippen LogP contribution >= 0.6 is 15.9 Å². The Balaban J connectivity index is 1.48. The lowest BCUT2D eigenvalue weighted by atomic mass is 9.99. The zero-order chi connectivity index (χ0) is 30.9. The molecule has 1 aliphatic rings. The van der Waals surface area contributed by atoms with Gasteiger partial charge in [-0.15, -0.1) is 0 Å². The van der Waals surface area contributed by atoms with E-state index >= 15 is 0 Å². The van der Waals surface area contributed by atoms with Gasteiger partial charge in [-0.1, -0.05) is 88.7 Å². The van der Waals surface area contributed by atoms with Gasteiger partial charge in [-0.25, -0.2) is 19.2 Å². The third kappa shape index (κ3) is 7.58. The van der Waals surface area contributed by atoms with Crippen LogP contribution in [0.2, 0.25) is 0 Å². The normalized spacial score (nSPS) is 21.0. The van der Waals surface area contributed by atoms with E-state index in [2.05, 4.69) is 15.9 Å². The Hall–Kier alpha value is -4.80. The van der Waals surface area contributed by atoms with Crippen LogP contribution in [-0.4, -0.2) is 59.9 Å². The van der Waals surface area contributed by atoms with Gasteiger partial charge in [0.1, 0.15) is 12.7 Å². The molecule has 5 atom stereocenters. The summed E-state index contributed by atoms with van der Waals surface area (Å²) in [7, 11) is 0. The van der Waals surface area contributed by atoms with Crippen LogP contribution in [0.15, 0.2) is 121 Å². The quantitative estimate of drug-likeness (QED) is 0.128. The molecule has 0 saturated carbocycles. The largest absolute Gasteiger partial charge is 0.459 e. The molecule has 0 aliphatic carbocycles. The van der Waals surface area contributed by atoms with Crippen LogP contribution in [0, 0.1) is 0 Å². The van der Waals surface area contributed by atoms with Gasteiger partial charge in [0, 0.05) is 0 Å². The summed E-state index contributed by atoms with van der Waals surface area (Å²) in [4.78, 5) is 52.6. The second-order valence-electron chi connectivity index (χ2n) is 9.70. The number of hydrogen-bond acceptors (Lipinski definition) is 9. The van der Waals surface area contributed by atoms with Crippen LogP contribution in [0.5, 0.6) is 0 Å². The molecule has 0 bridgehead atoms. The highest BCUT2D eigenvalue weighted by Crippen LogP contribution is 2.33. The Bertz CT molecular complexity index is 1570. The van der Waals surface area contributed by atoms with E-state index in [-0.39, 0.29) is 23.3 Å². The van der Waals surface area contributed by atoms with E-state index < -0.39 is 53.3 Å². The maximum absolute atomic E-state index is 13.3. The molecular formula is C34H27BrO9. The number of hydrogen-bond donors (Lipinski definition) is 0. The Morgan fingerprint density at radius 3 is 1.25 bits per heavy atom. The minimum atomic E-state index is -1.37. The molecule has 224 valence electrons. The van der Waals surface area contributed by atoms with Crippen LogP contribution in [0.3, 0.4) is 0 Å². The molecule has 1 saturated heterocycles. The molecule has 1 fully saturated rings. The summed E-state index contributed by atoms with van der Waals surface area (Å²) in [6, 6.07) is 32.9. The van der Waals surface area contributed by atoms with E-state index in [9.17, 15) is 19.2 Å².